The van der Waals surface area contributed by atoms with E-state index in [0.29, 0.717) is 12.0 Å². The van der Waals surface area contributed by atoms with Gasteiger partial charge in [-0.1, -0.05) is 24.3 Å². The fourth-order valence-electron chi connectivity index (χ4n) is 2.16. The lowest BCUT2D eigenvalue weighted by molar-refractivity contribution is 0.0994. The predicted octanol–water partition coefficient (Wildman–Crippen LogP) is 2.58. The monoisotopic (exact) mass is 224 g/mol. The molecule has 0 radical (unpaired) electrons. The molecule has 17 heavy (non-hydrogen) atoms. The summed E-state index contributed by atoms with van der Waals surface area (Å²) >= 11 is 0. The lowest BCUT2D eigenvalue weighted by atomic mass is 10.1. The molecule has 0 unspecified atom stereocenters. The summed E-state index contributed by atoms with van der Waals surface area (Å²) in [5.41, 5.74) is 3.78. The molecule has 2 aromatic rings. The van der Waals surface area contributed by atoms with Gasteiger partial charge >= 0.3 is 0 Å². The zero-order valence-corrected chi connectivity index (χ0v) is 9.60. The van der Waals surface area contributed by atoms with Crippen molar-refractivity contribution < 1.29 is 4.79 Å². The number of carbonyl (C=O) groups is 1. The van der Waals surface area contributed by atoms with Crippen molar-refractivity contribution in [2.24, 2.45) is 0 Å². The molecule has 0 saturated heterocycles. The van der Waals surface area contributed by atoms with Crippen molar-refractivity contribution in [1.82, 2.24) is 9.97 Å². The molecule has 3 rings (SSSR count). The summed E-state index contributed by atoms with van der Waals surface area (Å²) < 4.78 is 0. The van der Waals surface area contributed by atoms with E-state index < -0.39 is 0 Å². The Morgan fingerprint density at radius 2 is 1.94 bits per heavy atom. The molecule has 0 N–H and O–H groups in total. The molecule has 0 aliphatic heterocycles. The van der Waals surface area contributed by atoms with Crippen LogP contribution in [0.15, 0.2) is 30.5 Å². The SMILES string of the molecule is Cc1ccccc1-c1ncc2c(n1)CCC2=O. The molecule has 3 heteroatoms. The van der Waals surface area contributed by atoms with Gasteiger partial charge in [0.15, 0.2) is 11.6 Å². The minimum absolute atomic E-state index is 0.163. The summed E-state index contributed by atoms with van der Waals surface area (Å²) in [6, 6.07) is 8.02. The number of hydrogen-bond acceptors (Lipinski definition) is 3. The first-order valence-electron chi connectivity index (χ1n) is 5.71. The summed E-state index contributed by atoms with van der Waals surface area (Å²) in [4.78, 5) is 20.3. The summed E-state index contributed by atoms with van der Waals surface area (Å²) in [6.07, 6.45) is 2.98. The summed E-state index contributed by atoms with van der Waals surface area (Å²) in [7, 11) is 0. The van der Waals surface area contributed by atoms with E-state index >= 15 is 0 Å². The largest absolute Gasteiger partial charge is 0.294 e. The van der Waals surface area contributed by atoms with Crippen molar-refractivity contribution in [3.8, 4) is 11.4 Å². The number of nitrogens with zero attached hydrogens (tertiary/aromatic N) is 2. The van der Waals surface area contributed by atoms with Gasteiger partial charge in [0.25, 0.3) is 0 Å². The molecule has 1 aliphatic carbocycles. The molecular formula is C14H12N2O. The van der Waals surface area contributed by atoms with E-state index in [2.05, 4.69) is 9.97 Å². The number of hydrogen-bond donors (Lipinski definition) is 0. The molecule has 1 aromatic carbocycles. The fraction of sp³-hybridized carbons (Fsp3) is 0.214. The zero-order valence-electron chi connectivity index (χ0n) is 9.60. The van der Waals surface area contributed by atoms with Crippen molar-refractivity contribution in [3.05, 3.63) is 47.3 Å². The third-order valence-electron chi connectivity index (χ3n) is 3.14. The van der Waals surface area contributed by atoms with Gasteiger partial charge in [0.1, 0.15) is 0 Å². The molecule has 1 heterocycles. The highest BCUT2D eigenvalue weighted by molar-refractivity contribution is 5.99. The van der Waals surface area contributed by atoms with Crippen LogP contribution >= 0.6 is 0 Å². The minimum atomic E-state index is 0.163. The highest BCUT2D eigenvalue weighted by atomic mass is 16.1. The Kier molecular flexibility index (Phi) is 2.25. The van der Waals surface area contributed by atoms with Gasteiger partial charge in [-0.3, -0.25) is 4.79 Å². The minimum Gasteiger partial charge on any atom is -0.294 e. The highest BCUT2D eigenvalue weighted by Crippen LogP contribution is 2.24. The maximum absolute atomic E-state index is 11.5. The molecule has 1 aliphatic rings. The Hall–Kier alpha value is -2.03. The van der Waals surface area contributed by atoms with E-state index in [9.17, 15) is 4.79 Å². The Bertz CT molecular complexity index is 605. The van der Waals surface area contributed by atoms with Gasteiger partial charge in [0.2, 0.25) is 0 Å². The van der Waals surface area contributed by atoms with Crippen LogP contribution < -0.4 is 0 Å². The molecule has 84 valence electrons. The van der Waals surface area contributed by atoms with Crippen molar-refractivity contribution in [2.45, 2.75) is 19.8 Å². The molecule has 0 bridgehead atoms. The summed E-state index contributed by atoms with van der Waals surface area (Å²) in [5.74, 6) is 0.882. The average Bonchev–Trinajstić information content (AvgIpc) is 2.71. The third kappa shape index (κ3) is 1.64. The number of carbonyl (C=O) groups excluding carboxylic acids is 1. The first kappa shape index (κ1) is 10.1. The smallest absolute Gasteiger partial charge is 0.166 e. The van der Waals surface area contributed by atoms with Crippen molar-refractivity contribution in [3.63, 3.8) is 0 Å². The van der Waals surface area contributed by atoms with E-state index in [4.69, 9.17) is 0 Å². The Labute approximate surface area is 99.5 Å². The maximum atomic E-state index is 11.5. The molecule has 0 spiro atoms. The van der Waals surface area contributed by atoms with Gasteiger partial charge < -0.3 is 0 Å². The quantitative estimate of drug-likeness (QED) is 0.747. The molecule has 0 fully saturated rings. The van der Waals surface area contributed by atoms with Gasteiger partial charge in [0, 0.05) is 18.2 Å². The Balaban J connectivity index is 2.12. The topological polar surface area (TPSA) is 42.9 Å². The van der Waals surface area contributed by atoms with Crippen LogP contribution in [0.25, 0.3) is 11.4 Å². The van der Waals surface area contributed by atoms with E-state index in [1.165, 1.54) is 0 Å². The number of fused-ring (bicyclic) bond motifs is 1. The van der Waals surface area contributed by atoms with Crippen LogP contribution in [0.3, 0.4) is 0 Å². The first-order chi connectivity index (χ1) is 8.25. The van der Waals surface area contributed by atoms with E-state index in [0.717, 1.165) is 29.1 Å². The summed E-state index contributed by atoms with van der Waals surface area (Å²) in [6.45, 7) is 2.04. The second kappa shape index (κ2) is 3.77. The van der Waals surface area contributed by atoms with Crippen molar-refractivity contribution in [2.75, 3.05) is 0 Å². The van der Waals surface area contributed by atoms with Gasteiger partial charge in [-0.2, -0.15) is 0 Å². The predicted molar refractivity (Wildman–Crippen MR) is 64.9 cm³/mol. The standard InChI is InChI=1S/C14H12N2O/c1-9-4-2-3-5-10(9)14-15-8-11-12(16-14)6-7-13(11)17/h2-5,8H,6-7H2,1H3. The van der Waals surface area contributed by atoms with Gasteiger partial charge in [-0.15, -0.1) is 0 Å². The van der Waals surface area contributed by atoms with Crippen LogP contribution in [0.2, 0.25) is 0 Å². The van der Waals surface area contributed by atoms with Crippen LogP contribution in [0.4, 0.5) is 0 Å². The van der Waals surface area contributed by atoms with Crippen LogP contribution in [-0.2, 0) is 6.42 Å². The highest BCUT2D eigenvalue weighted by Gasteiger charge is 2.22. The molecule has 0 atom stereocenters. The fourth-order valence-corrected chi connectivity index (χ4v) is 2.16. The van der Waals surface area contributed by atoms with Crippen LogP contribution in [-0.4, -0.2) is 15.8 Å². The second-order valence-electron chi connectivity index (χ2n) is 4.29. The third-order valence-corrected chi connectivity index (χ3v) is 3.14. The Morgan fingerprint density at radius 3 is 2.76 bits per heavy atom. The van der Waals surface area contributed by atoms with Gasteiger partial charge in [-0.25, -0.2) is 9.97 Å². The number of Topliss-reactive ketones (excluding diaryl/α,β-unsaturated/α-hetero) is 1. The lowest BCUT2D eigenvalue weighted by Crippen LogP contribution is -1.98. The second-order valence-corrected chi connectivity index (χ2v) is 4.29. The van der Waals surface area contributed by atoms with Crippen LogP contribution in [0.5, 0.6) is 0 Å². The molecule has 0 saturated carbocycles. The zero-order chi connectivity index (χ0) is 11.8. The number of rotatable bonds is 1. The molecule has 1 aromatic heterocycles. The van der Waals surface area contributed by atoms with Crippen molar-refractivity contribution >= 4 is 5.78 Å². The number of aromatic nitrogens is 2. The normalized spacial score (nSPS) is 13.8. The molecular weight excluding hydrogens is 212 g/mol. The van der Waals surface area contributed by atoms with Crippen LogP contribution in [0.1, 0.15) is 28.0 Å². The average molecular weight is 224 g/mol. The van der Waals surface area contributed by atoms with E-state index in [1.807, 2.05) is 31.2 Å². The number of ketones is 1. The van der Waals surface area contributed by atoms with Gasteiger partial charge in [-0.05, 0) is 18.9 Å². The Morgan fingerprint density at radius 1 is 1.12 bits per heavy atom. The number of benzene rings is 1. The van der Waals surface area contributed by atoms with E-state index in [-0.39, 0.29) is 5.78 Å². The molecule has 0 amide bonds. The lowest BCUT2D eigenvalue weighted by Gasteiger charge is -2.05. The van der Waals surface area contributed by atoms with Crippen molar-refractivity contribution in [1.29, 1.82) is 0 Å². The van der Waals surface area contributed by atoms with Gasteiger partial charge in [0.05, 0.1) is 11.3 Å². The van der Waals surface area contributed by atoms with Crippen LogP contribution in [0, 0.1) is 6.92 Å². The van der Waals surface area contributed by atoms with E-state index in [1.54, 1.807) is 6.20 Å². The molecule has 3 nitrogen and oxygen atoms in total. The summed E-state index contributed by atoms with van der Waals surface area (Å²) in [5, 5.41) is 0. The maximum Gasteiger partial charge on any atom is 0.166 e. The first-order valence-corrected chi connectivity index (χ1v) is 5.71. The number of aryl methyl sites for hydroxylation is 2.